The third kappa shape index (κ3) is 7.12. The van der Waals surface area contributed by atoms with E-state index in [4.69, 9.17) is 4.42 Å². The number of hydrogen-bond acceptors (Lipinski definition) is 6. The molecule has 0 saturated carbocycles. The van der Waals surface area contributed by atoms with Crippen LogP contribution in [0.3, 0.4) is 0 Å². The highest BCUT2D eigenvalue weighted by Gasteiger charge is 2.25. The Hall–Kier alpha value is -6.67. The Labute approximate surface area is 306 Å². The summed E-state index contributed by atoms with van der Waals surface area (Å²) in [4.78, 5) is 29.9. The molecule has 7 nitrogen and oxygen atoms in total. The molecule has 2 heterocycles. The summed E-state index contributed by atoms with van der Waals surface area (Å²) in [6, 6.07) is 39.6. The van der Waals surface area contributed by atoms with Crippen molar-refractivity contribution in [3.63, 3.8) is 0 Å². The number of rotatable bonds is 11. The van der Waals surface area contributed by atoms with Crippen molar-refractivity contribution in [1.82, 2.24) is 4.98 Å². The molecule has 0 radical (unpaired) electrons. The number of halogens is 1. The highest BCUT2D eigenvalue weighted by molar-refractivity contribution is 6.28. The van der Waals surface area contributed by atoms with E-state index < -0.39 is 0 Å². The Kier molecular flexibility index (Phi) is 9.17. The highest BCUT2D eigenvalue weighted by atomic mass is 19.1. The fourth-order valence-electron chi connectivity index (χ4n) is 6.77. The molecule has 7 aromatic rings. The van der Waals surface area contributed by atoms with Crippen LogP contribution in [0.4, 0.5) is 16.1 Å². The van der Waals surface area contributed by atoms with Crippen LogP contribution in [-0.2, 0) is 28.9 Å². The average molecular weight is 699 g/mol. The molecule has 0 aliphatic carbocycles. The monoisotopic (exact) mass is 698 g/mol. The third-order valence-corrected chi connectivity index (χ3v) is 9.55. The number of fused-ring (bicyclic) bond motifs is 2. The molecule has 0 saturated heterocycles. The first-order chi connectivity index (χ1) is 25.9. The Morgan fingerprint density at radius 3 is 2.26 bits per heavy atom. The number of para-hydroxylation sites is 2. The zero-order valence-corrected chi connectivity index (χ0v) is 29.1. The molecule has 8 heteroatoms. The van der Waals surface area contributed by atoms with Crippen LogP contribution in [0.5, 0.6) is 0 Å². The van der Waals surface area contributed by atoms with Crippen LogP contribution >= 0.6 is 0 Å². The summed E-state index contributed by atoms with van der Waals surface area (Å²) < 4.78 is 21.0. The van der Waals surface area contributed by atoms with E-state index in [0.29, 0.717) is 22.8 Å². The van der Waals surface area contributed by atoms with Gasteiger partial charge in [0.25, 0.3) is 11.8 Å². The topological polar surface area (TPSA) is 87.8 Å². The van der Waals surface area contributed by atoms with Crippen LogP contribution in [0, 0.1) is 5.82 Å². The van der Waals surface area contributed by atoms with Gasteiger partial charge in [-0.2, -0.15) is 10.1 Å². The minimum absolute atomic E-state index is 0.236. The molecule has 6 aromatic carbocycles. The van der Waals surface area contributed by atoms with Crippen molar-refractivity contribution in [2.24, 2.45) is 5.10 Å². The highest BCUT2D eigenvalue weighted by Crippen LogP contribution is 2.30. The van der Waals surface area contributed by atoms with Gasteiger partial charge < -0.3 is 4.42 Å². The molecule has 0 spiro atoms. The van der Waals surface area contributed by atoms with Gasteiger partial charge in [-0.1, -0.05) is 92.2 Å². The van der Waals surface area contributed by atoms with Gasteiger partial charge in [-0.15, -0.1) is 0 Å². The van der Waals surface area contributed by atoms with Crippen molar-refractivity contribution in [2.75, 3.05) is 10.3 Å². The minimum Gasteiger partial charge on any atom is -0.422 e. The standard InChI is InChI=1S/C45H35FN4O3/c1-2-5-30-11-21-39(40(46)24-30)36-18-15-32(37(26-36)28-47-49-45-48-41-6-3-4-7-42(41)53-45)14-10-29-8-12-31(13-9-29)33-16-17-35-27-38(20-19-34(35)25-33)50-43(51)22-23-44(50)52/h3-4,6-9,11-13,15-28H,2,5,10,14H2,1H3,(H,48,49)/b47-28+. The lowest BCUT2D eigenvalue weighted by atomic mass is 9.94. The number of imide groups is 1. The average Bonchev–Trinajstić information content (AvgIpc) is 3.75. The molecular formula is C45H35FN4O3. The molecule has 53 heavy (non-hydrogen) atoms. The minimum atomic E-state index is -0.329. The lowest BCUT2D eigenvalue weighted by Crippen LogP contribution is -2.29. The number of nitrogens with one attached hydrogen (secondary N) is 1. The van der Waals surface area contributed by atoms with E-state index in [2.05, 4.69) is 64.9 Å². The van der Waals surface area contributed by atoms with Gasteiger partial charge in [-0.3, -0.25) is 9.59 Å². The number of hydrogen-bond donors (Lipinski definition) is 1. The smallest absolute Gasteiger partial charge is 0.316 e. The number of aryl methyl sites for hydroxylation is 3. The number of nitrogens with zero attached hydrogens (tertiary/aromatic N) is 3. The summed E-state index contributed by atoms with van der Waals surface area (Å²) in [6.45, 7) is 2.09. The molecule has 260 valence electrons. The number of aromatic nitrogens is 1. The molecular weight excluding hydrogens is 664 g/mol. The van der Waals surface area contributed by atoms with E-state index in [9.17, 15) is 9.59 Å². The van der Waals surface area contributed by atoms with Crippen molar-refractivity contribution in [3.05, 3.63) is 162 Å². The maximum atomic E-state index is 15.3. The van der Waals surface area contributed by atoms with E-state index in [1.165, 1.54) is 22.6 Å². The van der Waals surface area contributed by atoms with E-state index in [0.717, 1.165) is 75.4 Å². The zero-order chi connectivity index (χ0) is 36.3. The molecule has 2 amide bonds. The Morgan fingerprint density at radius 1 is 0.736 bits per heavy atom. The van der Waals surface area contributed by atoms with Crippen LogP contribution in [-0.4, -0.2) is 23.0 Å². The summed E-state index contributed by atoms with van der Waals surface area (Å²) in [5.74, 6) is -0.895. The largest absolute Gasteiger partial charge is 0.422 e. The van der Waals surface area contributed by atoms with E-state index in [-0.39, 0.29) is 17.6 Å². The van der Waals surface area contributed by atoms with Crippen molar-refractivity contribution in [3.8, 4) is 22.3 Å². The molecule has 0 atom stereocenters. The van der Waals surface area contributed by atoms with Crippen LogP contribution < -0.4 is 10.3 Å². The van der Waals surface area contributed by atoms with Gasteiger partial charge >= 0.3 is 6.01 Å². The quantitative estimate of drug-likeness (QED) is 0.0826. The first-order valence-corrected chi connectivity index (χ1v) is 17.7. The number of amides is 2. The molecule has 0 fully saturated rings. The molecule has 0 bridgehead atoms. The Morgan fingerprint density at radius 2 is 1.47 bits per heavy atom. The number of carbonyl (C=O) groups excluding carboxylic acids is 2. The summed E-state index contributed by atoms with van der Waals surface area (Å²) in [5, 5.41) is 6.42. The van der Waals surface area contributed by atoms with E-state index >= 15 is 4.39 Å². The van der Waals surface area contributed by atoms with Gasteiger partial charge in [0.15, 0.2) is 5.58 Å². The molecule has 0 unspecified atom stereocenters. The molecule has 1 aromatic heterocycles. The number of benzene rings is 6. The van der Waals surface area contributed by atoms with Crippen molar-refractivity contribution < 1.29 is 18.4 Å². The van der Waals surface area contributed by atoms with Gasteiger partial charge in [0, 0.05) is 17.7 Å². The molecule has 1 aliphatic heterocycles. The van der Waals surface area contributed by atoms with Gasteiger partial charge in [-0.05, 0) is 111 Å². The third-order valence-electron chi connectivity index (χ3n) is 9.55. The zero-order valence-electron chi connectivity index (χ0n) is 29.1. The maximum Gasteiger partial charge on any atom is 0.316 e. The second kappa shape index (κ2) is 14.5. The summed E-state index contributed by atoms with van der Waals surface area (Å²) in [6.07, 6.45) is 7.66. The summed E-state index contributed by atoms with van der Waals surface area (Å²) >= 11 is 0. The predicted molar refractivity (Wildman–Crippen MR) is 209 cm³/mol. The second-order valence-electron chi connectivity index (χ2n) is 13.1. The predicted octanol–water partition coefficient (Wildman–Crippen LogP) is 10.1. The SMILES string of the molecule is CCCc1ccc(-c2ccc(CCc3ccc(-c4ccc5cc(N6C(=O)C=CC6=O)ccc5c4)cc3)c(/C=N/Nc3nc4ccccc4o3)c2)c(F)c1. The summed E-state index contributed by atoms with van der Waals surface area (Å²) in [7, 11) is 0. The van der Waals surface area contributed by atoms with E-state index in [1.54, 1.807) is 18.3 Å². The number of carbonyl (C=O) groups is 2. The van der Waals surface area contributed by atoms with Crippen LogP contribution in [0.15, 0.2) is 143 Å². The second-order valence-corrected chi connectivity index (χ2v) is 13.1. The van der Waals surface area contributed by atoms with Crippen LogP contribution in [0.25, 0.3) is 44.1 Å². The van der Waals surface area contributed by atoms with Gasteiger partial charge in [-0.25, -0.2) is 14.7 Å². The number of hydrazone groups is 1. The first-order valence-electron chi connectivity index (χ1n) is 17.7. The lowest BCUT2D eigenvalue weighted by Gasteiger charge is -2.15. The van der Waals surface area contributed by atoms with Crippen molar-refractivity contribution in [2.45, 2.75) is 32.6 Å². The first kappa shape index (κ1) is 33.5. The lowest BCUT2D eigenvalue weighted by molar-refractivity contribution is -0.119. The normalized spacial score (nSPS) is 12.9. The molecule has 1 N–H and O–H groups in total. The van der Waals surface area contributed by atoms with Gasteiger partial charge in [0.1, 0.15) is 11.3 Å². The number of oxazole rings is 1. The van der Waals surface area contributed by atoms with Gasteiger partial charge in [0.2, 0.25) is 0 Å². The van der Waals surface area contributed by atoms with Gasteiger partial charge in [0.05, 0.1) is 11.9 Å². The van der Waals surface area contributed by atoms with E-state index in [1.807, 2.05) is 66.7 Å². The number of anilines is 2. The van der Waals surface area contributed by atoms with Crippen molar-refractivity contribution >= 4 is 51.6 Å². The maximum absolute atomic E-state index is 15.3. The molecule has 8 rings (SSSR count). The van der Waals surface area contributed by atoms with Crippen LogP contribution in [0.2, 0.25) is 0 Å². The fourth-order valence-corrected chi connectivity index (χ4v) is 6.77. The Balaban J connectivity index is 1.00. The fraction of sp³-hybridized carbons (Fsp3) is 0.111. The Bertz CT molecular complexity index is 2520. The summed E-state index contributed by atoms with van der Waals surface area (Å²) in [5.41, 5.74) is 12.5. The van der Waals surface area contributed by atoms with Crippen molar-refractivity contribution in [1.29, 1.82) is 0 Å². The molecule has 1 aliphatic rings. The van der Waals surface area contributed by atoms with Crippen LogP contribution in [0.1, 0.15) is 35.6 Å².